The molecule has 1 atom stereocenters. The van der Waals surface area contributed by atoms with E-state index in [4.69, 9.17) is 11.6 Å². The van der Waals surface area contributed by atoms with Crippen molar-refractivity contribution in [2.75, 3.05) is 13.1 Å². The number of carbonyl (C=O) groups is 2. The van der Waals surface area contributed by atoms with Crippen molar-refractivity contribution in [3.8, 4) is 0 Å². The zero-order chi connectivity index (χ0) is 22.7. The third kappa shape index (κ3) is 5.17. The highest BCUT2D eigenvalue weighted by molar-refractivity contribution is 6.33. The number of piperidine rings is 1. The van der Waals surface area contributed by atoms with E-state index < -0.39 is 0 Å². The van der Waals surface area contributed by atoms with Crippen molar-refractivity contribution in [3.63, 3.8) is 0 Å². The van der Waals surface area contributed by atoms with Crippen LogP contribution >= 0.6 is 11.6 Å². The van der Waals surface area contributed by atoms with Gasteiger partial charge in [-0.3, -0.25) is 9.59 Å². The minimum Gasteiger partial charge on any atom is -0.353 e. The van der Waals surface area contributed by atoms with Crippen LogP contribution in [0.1, 0.15) is 72.1 Å². The van der Waals surface area contributed by atoms with Crippen LogP contribution in [0.2, 0.25) is 5.15 Å². The molecule has 4 rings (SSSR count). The Morgan fingerprint density at radius 2 is 1.78 bits per heavy atom. The Morgan fingerprint density at radius 3 is 2.50 bits per heavy atom. The van der Waals surface area contributed by atoms with Gasteiger partial charge in [-0.15, -0.1) is 0 Å². The molecule has 1 saturated carbocycles. The monoisotopic (exact) mass is 456 g/mol. The van der Waals surface area contributed by atoms with E-state index in [0.29, 0.717) is 42.1 Å². The van der Waals surface area contributed by atoms with E-state index in [1.165, 1.54) is 24.8 Å². The van der Waals surface area contributed by atoms with Crippen molar-refractivity contribution in [1.82, 2.24) is 20.0 Å². The number of aryl methyl sites for hydroxylation is 2. The molecule has 1 N–H and O–H groups in total. The van der Waals surface area contributed by atoms with Crippen LogP contribution < -0.4 is 5.32 Å². The number of aromatic nitrogens is 2. The van der Waals surface area contributed by atoms with E-state index in [0.717, 1.165) is 31.2 Å². The van der Waals surface area contributed by atoms with Gasteiger partial charge in [0, 0.05) is 19.1 Å². The number of carbonyl (C=O) groups excluding carboxylic acids is 2. The van der Waals surface area contributed by atoms with Crippen molar-refractivity contribution >= 4 is 23.4 Å². The molecule has 1 saturated heterocycles. The summed E-state index contributed by atoms with van der Waals surface area (Å²) < 4.78 is 1.69. The Balaban J connectivity index is 1.43. The van der Waals surface area contributed by atoms with E-state index >= 15 is 0 Å². The molecule has 0 bridgehead atoms. The Kier molecular flexibility index (Phi) is 7.19. The fraction of sp³-hybridized carbons (Fsp3) is 0.560. The van der Waals surface area contributed by atoms with Gasteiger partial charge in [0.25, 0.3) is 5.91 Å². The lowest BCUT2D eigenvalue weighted by Gasteiger charge is -2.33. The maximum atomic E-state index is 13.4. The van der Waals surface area contributed by atoms with Crippen molar-refractivity contribution in [2.45, 2.75) is 71.4 Å². The molecule has 1 aromatic heterocycles. The number of hydrogen-bond donors (Lipinski definition) is 1. The Morgan fingerprint density at radius 1 is 1.06 bits per heavy atom. The molecule has 6 nitrogen and oxygen atoms in total. The molecule has 7 heteroatoms. The van der Waals surface area contributed by atoms with Crippen molar-refractivity contribution in [2.24, 2.45) is 5.92 Å². The number of nitrogens with zero attached hydrogens (tertiary/aromatic N) is 3. The zero-order valence-electron chi connectivity index (χ0n) is 19.1. The number of rotatable bonds is 5. The molecular formula is C25H33ClN4O2. The molecular weight excluding hydrogens is 424 g/mol. The summed E-state index contributed by atoms with van der Waals surface area (Å²) in [6.45, 7) is 5.47. The molecule has 172 valence electrons. The number of nitrogens with one attached hydrogen (secondary N) is 1. The fourth-order valence-corrected chi connectivity index (χ4v) is 5.18. The summed E-state index contributed by atoms with van der Waals surface area (Å²) in [7, 11) is 0. The SMILES string of the molecule is Cc1ccc(Cn2nc(C)c(C(=O)N3CCCC(C(=O)NC4CCCCC4)C3)c2Cl)cc1. The average molecular weight is 457 g/mol. The van der Waals surface area contributed by atoms with Gasteiger partial charge in [0.2, 0.25) is 5.91 Å². The first-order valence-corrected chi connectivity index (χ1v) is 12.2. The third-order valence-electron chi connectivity index (χ3n) is 6.76. The fourth-order valence-electron chi connectivity index (χ4n) is 4.87. The second-order valence-corrected chi connectivity index (χ2v) is 9.69. The lowest BCUT2D eigenvalue weighted by Crippen LogP contribution is -2.48. The first-order chi connectivity index (χ1) is 15.4. The van der Waals surface area contributed by atoms with Crippen LogP contribution in [0.5, 0.6) is 0 Å². The molecule has 1 aliphatic heterocycles. The zero-order valence-corrected chi connectivity index (χ0v) is 19.8. The summed E-state index contributed by atoms with van der Waals surface area (Å²) in [6, 6.07) is 8.49. The van der Waals surface area contributed by atoms with Gasteiger partial charge in [-0.2, -0.15) is 5.10 Å². The highest BCUT2D eigenvalue weighted by Gasteiger charge is 2.32. The molecule has 2 amide bonds. The average Bonchev–Trinajstić information content (AvgIpc) is 3.08. The predicted molar refractivity (Wildman–Crippen MR) is 126 cm³/mol. The Labute approximate surface area is 195 Å². The molecule has 1 unspecified atom stereocenters. The van der Waals surface area contributed by atoms with Crippen LogP contribution in [-0.2, 0) is 11.3 Å². The van der Waals surface area contributed by atoms with Gasteiger partial charge in [0.1, 0.15) is 5.15 Å². The number of halogens is 1. The molecule has 0 spiro atoms. The molecule has 32 heavy (non-hydrogen) atoms. The maximum absolute atomic E-state index is 13.4. The number of hydrogen-bond acceptors (Lipinski definition) is 3. The number of likely N-dealkylation sites (tertiary alicyclic amines) is 1. The third-order valence-corrected chi connectivity index (χ3v) is 7.15. The second-order valence-electron chi connectivity index (χ2n) is 9.33. The van der Waals surface area contributed by atoms with Gasteiger partial charge in [-0.25, -0.2) is 4.68 Å². The normalized spacial score (nSPS) is 19.7. The minimum atomic E-state index is -0.156. The number of benzene rings is 1. The van der Waals surface area contributed by atoms with E-state index in [9.17, 15) is 9.59 Å². The van der Waals surface area contributed by atoms with E-state index in [2.05, 4.69) is 22.5 Å². The minimum absolute atomic E-state index is 0.0901. The van der Waals surface area contributed by atoms with E-state index in [1.807, 2.05) is 26.0 Å². The molecule has 2 heterocycles. The predicted octanol–water partition coefficient (Wildman–Crippen LogP) is 4.50. The highest BCUT2D eigenvalue weighted by atomic mass is 35.5. The van der Waals surface area contributed by atoms with Crippen molar-refractivity contribution in [3.05, 3.63) is 51.8 Å². The molecule has 2 aromatic rings. The summed E-state index contributed by atoms with van der Waals surface area (Å²) in [5.74, 6) is -0.193. The summed E-state index contributed by atoms with van der Waals surface area (Å²) in [6.07, 6.45) is 7.40. The highest BCUT2D eigenvalue weighted by Crippen LogP contribution is 2.26. The van der Waals surface area contributed by atoms with Crippen molar-refractivity contribution in [1.29, 1.82) is 0 Å². The van der Waals surface area contributed by atoms with Gasteiger partial charge >= 0.3 is 0 Å². The van der Waals surface area contributed by atoms with E-state index in [1.54, 1.807) is 9.58 Å². The Bertz CT molecular complexity index is 963. The van der Waals surface area contributed by atoms with Gasteiger partial charge in [-0.05, 0) is 45.1 Å². The smallest absolute Gasteiger partial charge is 0.258 e. The molecule has 2 fully saturated rings. The quantitative estimate of drug-likeness (QED) is 0.720. The topological polar surface area (TPSA) is 67.2 Å². The van der Waals surface area contributed by atoms with Crippen LogP contribution in [-0.4, -0.2) is 45.6 Å². The Hall–Kier alpha value is -2.34. The molecule has 1 aliphatic carbocycles. The molecule has 0 radical (unpaired) electrons. The summed E-state index contributed by atoms with van der Waals surface area (Å²) in [4.78, 5) is 28.0. The first-order valence-electron chi connectivity index (χ1n) is 11.8. The van der Waals surface area contributed by atoms with Gasteiger partial charge in [0.15, 0.2) is 0 Å². The first kappa shape index (κ1) is 22.8. The summed E-state index contributed by atoms with van der Waals surface area (Å²) in [5, 5.41) is 8.12. The largest absolute Gasteiger partial charge is 0.353 e. The standard InChI is InChI=1S/C25H33ClN4O2/c1-17-10-12-19(13-11-17)15-30-23(26)22(18(2)28-30)25(32)29-14-6-7-20(16-29)24(31)27-21-8-4-3-5-9-21/h10-13,20-21H,3-9,14-16H2,1-2H3,(H,27,31). The van der Waals surface area contributed by atoms with Crippen LogP contribution in [0.15, 0.2) is 24.3 Å². The van der Waals surface area contributed by atoms with Gasteiger partial charge in [0.05, 0.1) is 23.7 Å². The number of amides is 2. The lowest BCUT2D eigenvalue weighted by molar-refractivity contribution is -0.127. The summed E-state index contributed by atoms with van der Waals surface area (Å²) in [5.41, 5.74) is 3.35. The summed E-state index contributed by atoms with van der Waals surface area (Å²) >= 11 is 6.63. The van der Waals surface area contributed by atoms with Crippen LogP contribution in [0.4, 0.5) is 0 Å². The maximum Gasteiger partial charge on any atom is 0.258 e. The molecule has 1 aromatic carbocycles. The van der Waals surface area contributed by atoms with Crippen LogP contribution in [0.3, 0.4) is 0 Å². The lowest BCUT2D eigenvalue weighted by atomic mass is 9.93. The van der Waals surface area contributed by atoms with Crippen LogP contribution in [0.25, 0.3) is 0 Å². The van der Waals surface area contributed by atoms with Crippen LogP contribution in [0, 0.1) is 19.8 Å². The van der Waals surface area contributed by atoms with Crippen molar-refractivity contribution < 1.29 is 9.59 Å². The second kappa shape index (κ2) is 10.1. The van der Waals surface area contributed by atoms with Gasteiger partial charge in [-0.1, -0.05) is 60.7 Å². The molecule has 2 aliphatic rings. The van der Waals surface area contributed by atoms with E-state index in [-0.39, 0.29) is 17.7 Å². The van der Waals surface area contributed by atoms with Gasteiger partial charge < -0.3 is 10.2 Å².